The number of hydrogen-bond acceptors (Lipinski definition) is 4. The fraction of sp³-hybridized carbons (Fsp3) is 0.250. The highest BCUT2D eigenvalue weighted by molar-refractivity contribution is 9.10. The lowest BCUT2D eigenvalue weighted by atomic mass is 10.0. The van der Waals surface area contributed by atoms with Crippen LogP contribution < -0.4 is 0 Å². The molecule has 1 saturated carbocycles. The summed E-state index contributed by atoms with van der Waals surface area (Å²) in [6, 6.07) is 2.52. The van der Waals surface area contributed by atoms with Crippen LogP contribution in [0.25, 0.3) is 16.6 Å². The first-order valence-corrected chi connectivity index (χ1v) is 8.64. The summed E-state index contributed by atoms with van der Waals surface area (Å²) < 4.78 is 2.81. The van der Waals surface area contributed by atoms with E-state index in [1.54, 1.807) is 0 Å². The predicted octanol–water partition coefficient (Wildman–Crippen LogP) is 3.96. The van der Waals surface area contributed by atoms with E-state index in [1.807, 2.05) is 23.1 Å². The fourth-order valence-electron chi connectivity index (χ4n) is 3.03. The van der Waals surface area contributed by atoms with Gasteiger partial charge in [0.05, 0.1) is 12.2 Å². The van der Waals surface area contributed by atoms with Crippen LogP contribution in [0.5, 0.6) is 0 Å². The maximum atomic E-state index is 6.16. The van der Waals surface area contributed by atoms with Crippen molar-refractivity contribution in [2.24, 2.45) is 0 Å². The summed E-state index contributed by atoms with van der Waals surface area (Å²) in [6.45, 7) is 0. The molecule has 2 aliphatic rings. The first-order chi connectivity index (χ1) is 11.2. The van der Waals surface area contributed by atoms with Crippen LogP contribution in [0.4, 0.5) is 0 Å². The molecule has 0 spiro atoms. The molecule has 0 aromatic carbocycles. The van der Waals surface area contributed by atoms with Crippen LogP contribution in [-0.2, 0) is 6.42 Å². The van der Waals surface area contributed by atoms with Crippen molar-refractivity contribution in [2.45, 2.75) is 25.3 Å². The molecule has 0 aliphatic heterocycles. The largest absolute Gasteiger partial charge is 0.267 e. The van der Waals surface area contributed by atoms with Crippen molar-refractivity contribution in [1.82, 2.24) is 24.7 Å². The summed E-state index contributed by atoms with van der Waals surface area (Å²) >= 11 is 9.60. The first kappa shape index (κ1) is 13.6. The van der Waals surface area contributed by atoms with Gasteiger partial charge in [-0.15, -0.1) is 0 Å². The van der Waals surface area contributed by atoms with Gasteiger partial charge >= 0.3 is 0 Å². The maximum Gasteiger partial charge on any atom is 0.223 e. The first-order valence-electron chi connectivity index (χ1n) is 7.47. The lowest BCUT2D eigenvalue weighted by Crippen LogP contribution is -1.97. The highest BCUT2D eigenvalue weighted by atomic mass is 79.9. The van der Waals surface area contributed by atoms with E-state index < -0.39 is 0 Å². The van der Waals surface area contributed by atoms with E-state index in [4.69, 9.17) is 16.7 Å². The molecule has 0 radical (unpaired) electrons. The number of hydrogen-bond donors (Lipinski definition) is 0. The third kappa shape index (κ3) is 2.20. The van der Waals surface area contributed by atoms with Gasteiger partial charge in [-0.1, -0.05) is 6.08 Å². The second kappa shape index (κ2) is 4.85. The molecule has 0 unspecified atom stereocenters. The van der Waals surface area contributed by atoms with Gasteiger partial charge in [-0.2, -0.15) is 5.10 Å². The molecule has 5 nitrogen and oxygen atoms in total. The Kier molecular flexibility index (Phi) is 2.87. The molecule has 2 aliphatic carbocycles. The third-order valence-electron chi connectivity index (χ3n) is 4.30. The van der Waals surface area contributed by atoms with Gasteiger partial charge < -0.3 is 0 Å². The van der Waals surface area contributed by atoms with E-state index in [0.717, 1.165) is 38.9 Å². The Morgan fingerprint density at radius 3 is 2.96 bits per heavy atom. The van der Waals surface area contributed by atoms with E-state index >= 15 is 0 Å². The molecule has 1 fully saturated rings. The van der Waals surface area contributed by atoms with Crippen LogP contribution in [-0.4, -0.2) is 24.7 Å². The van der Waals surface area contributed by atoms with Crippen LogP contribution in [0.2, 0.25) is 5.28 Å². The molecule has 3 aromatic rings. The summed E-state index contributed by atoms with van der Waals surface area (Å²) in [7, 11) is 0. The van der Waals surface area contributed by atoms with Gasteiger partial charge in [0.25, 0.3) is 0 Å². The molecule has 7 heteroatoms. The van der Waals surface area contributed by atoms with Gasteiger partial charge in [-0.3, -0.25) is 4.68 Å². The molecule has 0 bridgehead atoms. The number of rotatable bonds is 2. The zero-order chi connectivity index (χ0) is 15.6. The molecule has 0 amide bonds. The monoisotopic (exact) mass is 387 g/mol. The number of aromatic nitrogens is 5. The standard InChI is InChI=1S/C16H11BrClN5/c17-13-5-11-8(6-19-13)1-4-10(11)14-15-12(20-16(18)21-14)7-23(22-15)9-2-3-9/h4-7,9H,1-3H2. The summed E-state index contributed by atoms with van der Waals surface area (Å²) in [6.07, 6.45) is 9.22. The second-order valence-corrected chi connectivity index (χ2v) is 7.05. The van der Waals surface area contributed by atoms with Gasteiger partial charge in [-0.25, -0.2) is 15.0 Å². The Hall–Kier alpha value is -1.79. The van der Waals surface area contributed by atoms with Gasteiger partial charge in [0.2, 0.25) is 5.28 Å². The van der Waals surface area contributed by atoms with E-state index in [1.165, 1.54) is 18.4 Å². The van der Waals surface area contributed by atoms with E-state index in [2.05, 4.69) is 37.0 Å². The number of nitrogens with zero attached hydrogens (tertiary/aromatic N) is 5. The molecule has 3 aromatic heterocycles. The zero-order valence-electron chi connectivity index (χ0n) is 12.0. The van der Waals surface area contributed by atoms with Gasteiger partial charge in [0.15, 0.2) is 0 Å². The molecule has 0 N–H and O–H groups in total. The summed E-state index contributed by atoms with van der Waals surface area (Å²) in [5, 5.41) is 4.98. The summed E-state index contributed by atoms with van der Waals surface area (Å²) in [5.41, 5.74) is 5.79. The van der Waals surface area contributed by atoms with Crippen molar-refractivity contribution in [2.75, 3.05) is 0 Å². The molecule has 5 rings (SSSR count). The van der Waals surface area contributed by atoms with Crippen molar-refractivity contribution in [3.8, 4) is 0 Å². The summed E-state index contributed by atoms with van der Waals surface area (Å²) in [4.78, 5) is 13.1. The highest BCUT2D eigenvalue weighted by Gasteiger charge is 2.27. The number of halogens is 2. The topological polar surface area (TPSA) is 56.5 Å². The summed E-state index contributed by atoms with van der Waals surface area (Å²) in [5.74, 6) is 0. The van der Waals surface area contributed by atoms with Crippen LogP contribution in [0.1, 0.15) is 35.7 Å². The lowest BCUT2D eigenvalue weighted by molar-refractivity contribution is 0.649. The Labute approximate surface area is 145 Å². The third-order valence-corrected chi connectivity index (χ3v) is 4.90. The Morgan fingerprint density at radius 1 is 1.26 bits per heavy atom. The minimum absolute atomic E-state index is 0.255. The SMILES string of the molecule is Clc1nc(C2=CCc3cnc(Br)cc32)c2nn(C3CC3)cc2n1. The molecule has 114 valence electrons. The van der Waals surface area contributed by atoms with E-state index in [9.17, 15) is 0 Å². The second-order valence-electron chi connectivity index (χ2n) is 5.90. The van der Waals surface area contributed by atoms with Crippen LogP contribution in [0.15, 0.2) is 29.1 Å². The zero-order valence-corrected chi connectivity index (χ0v) is 14.3. The van der Waals surface area contributed by atoms with Crippen molar-refractivity contribution in [3.05, 3.63) is 51.2 Å². The molecule has 23 heavy (non-hydrogen) atoms. The van der Waals surface area contributed by atoms with Crippen molar-refractivity contribution < 1.29 is 0 Å². The molecular formula is C16H11BrClN5. The van der Waals surface area contributed by atoms with Crippen LogP contribution in [0.3, 0.4) is 0 Å². The Bertz CT molecular complexity index is 990. The minimum Gasteiger partial charge on any atom is -0.267 e. The van der Waals surface area contributed by atoms with Crippen LogP contribution in [0, 0.1) is 0 Å². The average Bonchev–Trinajstić information content (AvgIpc) is 3.16. The number of allylic oxidation sites excluding steroid dienone is 1. The minimum atomic E-state index is 0.255. The quantitative estimate of drug-likeness (QED) is 0.492. The average molecular weight is 389 g/mol. The highest BCUT2D eigenvalue weighted by Crippen LogP contribution is 2.38. The number of fused-ring (bicyclic) bond motifs is 2. The predicted molar refractivity (Wildman–Crippen MR) is 91.3 cm³/mol. The molecular weight excluding hydrogens is 378 g/mol. The maximum absolute atomic E-state index is 6.16. The fourth-order valence-corrected chi connectivity index (χ4v) is 3.54. The van der Waals surface area contributed by atoms with Gasteiger partial charge in [0.1, 0.15) is 21.3 Å². The Balaban J connectivity index is 1.73. The van der Waals surface area contributed by atoms with Crippen molar-refractivity contribution in [1.29, 1.82) is 0 Å². The van der Waals surface area contributed by atoms with Gasteiger partial charge in [-0.05, 0) is 64.0 Å². The lowest BCUT2D eigenvalue weighted by Gasteiger charge is -2.06. The van der Waals surface area contributed by atoms with E-state index in [0.29, 0.717) is 6.04 Å². The van der Waals surface area contributed by atoms with Crippen molar-refractivity contribution in [3.63, 3.8) is 0 Å². The van der Waals surface area contributed by atoms with Crippen molar-refractivity contribution >= 4 is 44.1 Å². The molecule has 0 saturated heterocycles. The smallest absolute Gasteiger partial charge is 0.223 e. The molecule has 3 heterocycles. The van der Waals surface area contributed by atoms with Crippen LogP contribution >= 0.6 is 27.5 Å². The Morgan fingerprint density at radius 2 is 2.13 bits per heavy atom. The number of pyridine rings is 1. The normalized spacial score (nSPS) is 16.7. The van der Waals surface area contributed by atoms with E-state index in [-0.39, 0.29) is 5.28 Å². The van der Waals surface area contributed by atoms with Gasteiger partial charge in [0, 0.05) is 11.8 Å². The molecule has 0 atom stereocenters.